The number of benzene rings is 2. The van der Waals surface area contributed by atoms with Crippen LogP contribution in [-0.4, -0.2) is 18.8 Å². The van der Waals surface area contributed by atoms with Gasteiger partial charge in [-0.15, -0.1) is 11.8 Å². The molecule has 0 N–H and O–H groups in total. The standard InChI is InChI=1S/C17H18O2S/c1-13-8-10-15(11-9-13)20-12-16(17(18)19-2)14-6-4-3-5-7-14/h3-11,16H,12H2,1-2H3. The van der Waals surface area contributed by atoms with E-state index in [0.29, 0.717) is 5.75 Å². The Balaban J connectivity index is 2.09. The van der Waals surface area contributed by atoms with E-state index in [4.69, 9.17) is 4.74 Å². The fourth-order valence-electron chi connectivity index (χ4n) is 1.94. The van der Waals surface area contributed by atoms with Crippen LogP contribution in [0.25, 0.3) is 0 Å². The summed E-state index contributed by atoms with van der Waals surface area (Å²) < 4.78 is 4.92. The number of methoxy groups -OCH3 is 1. The number of esters is 1. The van der Waals surface area contributed by atoms with E-state index < -0.39 is 0 Å². The van der Waals surface area contributed by atoms with Crippen molar-refractivity contribution >= 4 is 17.7 Å². The van der Waals surface area contributed by atoms with Crippen molar-refractivity contribution in [2.24, 2.45) is 0 Å². The van der Waals surface area contributed by atoms with Crippen LogP contribution in [0, 0.1) is 6.92 Å². The van der Waals surface area contributed by atoms with Gasteiger partial charge < -0.3 is 4.74 Å². The van der Waals surface area contributed by atoms with Crippen LogP contribution in [0.2, 0.25) is 0 Å². The number of aryl methyl sites for hydroxylation is 1. The third kappa shape index (κ3) is 3.87. The quantitative estimate of drug-likeness (QED) is 0.613. The molecule has 0 saturated heterocycles. The minimum absolute atomic E-state index is 0.184. The Hall–Kier alpha value is -1.74. The molecule has 2 aromatic rings. The lowest BCUT2D eigenvalue weighted by Crippen LogP contribution is -2.16. The largest absolute Gasteiger partial charge is 0.469 e. The van der Waals surface area contributed by atoms with Gasteiger partial charge in [0.2, 0.25) is 0 Å². The summed E-state index contributed by atoms with van der Waals surface area (Å²) >= 11 is 1.67. The Morgan fingerprint density at radius 1 is 1.10 bits per heavy atom. The van der Waals surface area contributed by atoms with Crippen LogP contribution < -0.4 is 0 Å². The van der Waals surface area contributed by atoms with Gasteiger partial charge in [-0.2, -0.15) is 0 Å². The molecule has 0 amide bonds. The summed E-state index contributed by atoms with van der Waals surface area (Å²) in [6.45, 7) is 2.07. The second kappa shape index (κ2) is 7.15. The molecule has 2 nitrogen and oxygen atoms in total. The number of carbonyl (C=O) groups excluding carboxylic acids is 1. The maximum absolute atomic E-state index is 12.0. The Morgan fingerprint density at radius 2 is 1.75 bits per heavy atom. The number of hydrogen-bond acceptors (Lipinski definition) is 3. The van der Waals surface area contributed by atoms with Gasteiger partial charge in [-0.25, -0.2) is 0 Å². The average Bonchev–Trinajstić information content (AvgIpc) is 2.50. The molecular formula is C17H18O2S. The van der Waals surface area contributed by atoms with Gasteiger partial charge in [-0.05, 0) is 24.6 Å². The maximum atomic E-state index is 12.0. The number of rotatable bonds is 5. The van der Waals surface area contributed by atoms with Crippen molar-refractivity contribution in [2.75, 3.05) is 12.9 Å². The van der Waals surface area contributed by atoms with E-state index >= 15 is 0 Å². The van der Waals surface area contributed by atoms with Crippen LogP contribution in [0.3, 0.4) is 0 Å². The van der Waals surface area contributed by atoms with Gasteiger partial charge in [0.1, 0.15) is 0 Å². The van der Waals surface area contributed by atoms with Crippen LogP contribution in [0.4, 0.5) is 0 Å². The first-order chi connectivity index (χ1) is 9.70. The van der Waals surface area contributed by atoms with Crippen molar-refractivity contribution in [3.05, 3.63) is 65.7 Å². The van der Waals surface area contributed by atoms with Crippen LogP contribution in [0.1, 0.15) is 17.0 Å². The first-order valence-corrected chi connectivity index (χ1v) is 7.51. The smallest absolute Gasteiger partial charge is 0.313 e. The lowest BCUT2D eigenvalue weighted by molar-refractivity contribution is -0.141. The van der Waals surface area contributed by atoms with E-state index in [-0.39, 0.29) is 11.9 Å². The summed E-state index contributed by atoms with van der Waals surface area (Å²) in [5.41, 5.74) is 2.24. The summed E-state index contributed by atoms with van der Waals surface area (Å²) in [6.07, 6.45) is 0. The van der Waals surface area contributed by atoms with Gasteiger partial charge in [0, 0.05) is 10.6 Å². The maximum Gasteiger partial charge on any atom is 0.313 e. The molecule has 0 fully saturated rings. The van der Waals surface area contributed by atoms with Crippen LogP contribution >= 0.6 is 11.8 Å². The van der Waals surface area contributed by atoms with Gasteiger partial charge in [-0.3, -0.25) is 4.79 Å². The fourth-order valence-corrected chi connectivity index (χ4v) is 2.96. The van der Waals surface area contributed by atoms with E-state index in [9.17, 15) is 4.79 Å². The minimum Gasteiger partial charge on any atom is -0.469 e. The zero-order valence-electron chi connectivity index (χ0n) is 11.7. The average molecular weight is 286 g/mol. The molecule has 2 aromatic carbocycles. The molecule has 2 rings (SSSR count). The third-order valence-corrected chi connectivity index (χ3v) is 4.23. The van der Waals surface area contributed by atoms with Crippen LogP contribution in [-0.2, 0) is 9.53 Å². The summed E-state index contributed by atoms with van der Waals surface area (Å²) in [5, 5.41) is 0. The number of thioether (sulfide) groups is 1. The lowest BCUT2D eigenvalue weighted by Gasteiger charge is -2.14. The Morgan fingerprint density at radius 3 is 2.35 bits per heavy atom. The summed E-state index contributed by atoms with van der Waals surface area (Å²) in [6, 6.07) is 18.1. The van der Waals surface area contributed by atoms with Crippen molar-refractivity contribution in [1.82, 2.24) is 0 Å². The molecule has 0 bridgehead atoms. The van der Waals surface area contributed by atoms with Gasteiger partial charge in [0.25, 0.3) is 0 Å². The highest BCUT2D eigenvalue weighted by molar-refractivity contribution is 7.99. The number of ether oxygens (including phenoxy) is 1. The van der Waals surface area contributed by atoms with E-state index in [1.807, 2.05) is 30.3 Å². The molecule has 3 heteroatoms. The Labute approximate surface area is 124 Å². The molecule has 0 radical (unpaired) electrons. The number of hydrogen-bond donors (Lipinski definition) is 0. The second-order valence-electron chi connectivity index (χ2n) is 4.61. The van der Waals surface area contributed by atoms with Crippen LogP contribution in [0.15, 0.2) is 59.5 Å². The van der Waals surface area contributed by atoms with Gasteiger partial charge in [-0.1, -0.05) is 48.0 Å². The zero-order chi connectivity index (χ0) is 14.4. The summed E-state index contributed by atoms with van der Waals surface area (Å²) in [5.74, 6) is 0.267. The molecule has 0 aliphatic carbocycles. The zero-order valence-corrected chi connectivity index (χ0v) is 12.5. The predicted octanol–water partition coefficient (Wildman–Crippen LogP) is 4.04. The lowest BCUT2D eigenvalue weighted by atomic mass is 10.0. The van der Waals surface area contributed by atoms with Crippen molar-refractivity contribution in [3.8, 4) is 0 Å². The fraction of sp³-hybridized carbons (Fsp3) is 0.235. The highest BCUT2D eigenvalue weighted by atomic mass is 32.2. The van der Waals surface area contributed by atoms with E-state index in [2.05, 4.69) is 31.2 Å². The highest BCUT2D eigenvalue weighted by Gasteiger charge is 2.21. The van der Waals surface area contributed by atoms with Gasteiger partial charge in [0.15, 0.2) is 0 Å². The monoisotopic (exact) mass is 286 g/mol. The molecule has 0 saturated carbocycles. The van der Waals surface area contributed by atoms with Crippen LogP contribution in [0.5, 0.6) is 0 Å². The third-order valence-electron chi connectivity index (χ3n) is 3.13. The number of carbonyl (C=O) groups is 1. The SMILES string of the molecule is COC(=O)C(CSc1ccc(C)cc1)c1ccccc1. The first kappa shape index (κ1) is 14.7. The summed E-state index contributed by atoms with van der Waals surface area (Å²) in [7, 11) is 1.44. The molecule has 0 aliphatic rings. The molecule has 20 heavy (non-hydrogen) atoms. The highest BCUT2D eigenvalue weighted by Crippen LogP contribution is 2.27. The molecule has 1 atom stereocenters. The summed E-state index contributed by atoms with van der Waals surface area (Å²) in [4.78, 5) is 13.1. The van der Waals surface area contributed by atoms with E-state index in [0.717, 1.165) is 5.56 Å². The van der Waals surface area contributed by atoms with E-state index in [1.54, 1.807) is 11.8 Å². The topological polar surface area (TPSA) is 26.3 Å². The van der Waals surface area contributed by atoms with Gasteiger partial charge in [0.05, 0.1) is 13.0 Å². The molecule has 104 valence electrons. The second-order valence-corrected chi connectivity index (χ2v) is 5.70. The van der Waals surface area contributed by atoms with Crippen molar-refractivity contribution in [3.63, 3.8) is 0 Å². The van der Waals surface area contributed by atoms with Gasteiger partial charge >= 0.3 is 5.97 Å². The minimum atomic E-state index is -0.229. The van der Waals surface area contributed by atoms with Crippen molar-refractivity contribution in [1.29, 1.82) is 0 Å². The molecule has 0 heterocycles. The van der Waals surface area contributed by atoms with Crippen molar-refractivity contribution < 1.29 is 9.53 Å². The molecular weight excluding hydrogens is 268 g/mol. The molecule has 0 aliphatic heterocycles. The first-order valence-electron chi connectivity index (χ1n) is 6.53. The molecule has 0 spiro atoms. The van der Waals surface area contributed by atoms with E-state index in [1.165, 1.54) is 17.6 Å². The predicted molar refractivity (Wildman–Crippen MR) is 83.1 cm³/mol. The normalized spacial score (nSPS) is 11.9. The molecule has 1 unspecified atom stereocenters. The Bertz CT molecular complexity index is 549. The Kier molecular flexibility index (Phi) is 5.24. The van der Waals surface area contributed by atoms with Crippen molar-refractivity contribution in [2.45, 2.75) is 17.7 Å². The molecule has 0 aromatic heterocycles.